The maximum atomic E-state index is 5.75. The van der Waals surface area contributed by atoms with Gasteiger partial charge >= 0.3 is 0 Å². The van der Waals surface area contributed by atoms with Crippen molar-refractivity contribution in [1.82, 2.24) is 4.90 Å². The fourth-order valence-electron chi connectivity index (χ4n) is 1.97. The summed E-state index contributed by atoms with van der Waals surface area (Å²) in [4.78, 5) is 2.13. The molecule has 0 amide bonds. The van der Waals surface area contributed by atoms with Gasteiger partial charge in [-0.3, -0.25) is 4.90 Å². The van der Waals surface area contributed by atoms with E-state index in [4.69, 9.17) is 11.6 Å². The van der Waals surface area contributed by atoms with Crippen molar-refractivity contribution >= 4 is 11.6 Å². The van der Waals surface area contributed by atoms with Gasteiger partial charge in [0.25, 0.3) is 0 Å². The molecule has 0 N–H and O–H groups in total. The minimum atomic E-state index is 0.601. The molecule has 15 heavy (non-hydrogen) atoms. The van der Waals surface area contributed by atoms with Gasteiger partial charge in [-0.2, -0.15) is 0 Å². The highest BCUT2D eigenvalue weighted by atomic mass is 35.5. The van der Waals surface area contributed by atoms with E-state index in [0.29, 0.717) is 6.00 Å². The highest BCUT2D eigenvalue weighted by Crippen LogP contribution is 2.17. The van der Waals surface area contributed by atoms with Gasteiger partial charge in [0.15, 0.2) is 0 Å². The quantitative estimate of drug-likeness (QED) is 0.562. The van der Waals surface area contributed by atoms with Crippen molar-refractivity contribution in [2.24, 2.45) is 0 Å². The molecule has 0 fully saturated rings. The van der Waals surface area contributed by atoms with Gasteiger partial charge in [-0.25, -0.2) is 0 Å². The van der Waals surface area contributed by atoms with E-state index in [2.05, 4.69) is 37.8 Å². The van der Waals surface area contributed by atoms with Gasteiger partial charge in [0.1, 0.15) is 0 Å². The average molecular weight is 226 g/mol. The lowest BCUT2D eigenvalue weighted by Crippen LogP contribution is -2.19. The molecule has 84 valence electrons. The number of benzene rings is 1. The molecule has 0 aliphatic carbocycles. The first-order valence-electron chi connectivity index (χ1n) is 5.36. The Kier molecular flexibility index (Phi) is 4.62. The second-order valence-electron chi connectivity index (χ2n) is 4.33. The molecule has 1 rings (SSSR count). The van der Waals surface area contributed by atoms with Crippen LogP contribution >= 0.6 is 11.6 Å². The summed E-state index contributed by atoms with van der Waals surface area (Å²) in [5.41, 5.74) is 5.61. The van der Waals surface area contributed by atoms with Crippen LogP contribution in [0.15, 0.2) is 12.1 Å². The van der Waals surface area contributed by atoms with E-state index in [9.17, 15) is 0 Å². The van der Waals surface area contributed by atoms with Crippen molar-refractivity contribution in [2.75, 3.05) is 19.6 Å². The summed E-state index contributed by atoms with van der Waals surface area (Å²) in [5, 5.41) is 0. The fourth-order valence-corrected chi connectivity index (χ4v) is 2.09. The zero-order valence-electron chi connectivity index (χ0n) is 10.1. The first-order valence-corrected chi connectivity index (χ1v) is 5.89. The van der Waals surface area contributed by atoms with Crippen LogP contribution in [-0.2, 0) is 6.42 Å². The molecule has 0 atom stereocenters. The normalized spacial score (nSPS) is 11.1. The summed E-state index contributed by atoms with van der Waals surface area (Å²) in [7, 11) is 2.05. The van der Waals surface area contributed by atoms with Crippen LogP contribution in [0.5, 0.6) is 0 Å². The van der Waals surface area contributed by atoms with Crippen LogP contribution in [0.1, 0.15) is 22.3 Å². The smallest absolute Gasteiger partial charge is 0.0736 e. The molecule has 2 heteroatoms. The molecule has 0 spiro atoms. The SMILES string of the molecule is Cc1cc(C)c(CCN(C)CCl)c(C)c1. The monoisotopic (exact) mass is 225 g/mol. The number of nitrogens with zero attached hydrogens (tertiary/aromatic N) is 1. The molecule has 1 aromatic rings. The third kappa shape index (κ3) is 3.51. The molecular formula is C13H20ClN. The van der Waals surface area contributed by atoms with Crippen LogP contribution in [0, 0.1) is 20.8 Å². The number of hydrogen-bond acceptors (Lipinski definition) is 1. The first kappa shape index (κ1) is 12.5. The van der Waals surface area contributed by atoms with Crippen LogP contribution < -0.4 is 0 Å². The van der Waals surface area contributed by atoms with E-state index >= 15 is 0 Å². The maximum Gasteiger partial charge on any atom is 0.0736 e. The minimum Gasteiger partial charge on any atom is -0.293 e. The molecule has 0 aliphatic heterocycles. The van der Waals surface area contributed by atoms with Crippen LogP contribution in [0.2, 0.25) is 0 Å². The predicted molar refractivity (Wildman–Crippen MR) is 67.7 cm³/mol. The number of alkyl halides is 1. The van der Waals surface area contributed by atoms with E-state index in [0.717, 1.165) is 13.0 Å². The van der Waals surface area contributed by atoms with Gasteiger partial charge in [-0.1, -0.05) is 17.7 Å². The van der Waals surface area contributed by atoms with Crippen molar-refractivity contribution in [3.05, 3.63) is 34.4 Å². The van der Waals surface area contributed by atoms with E-state index in [1.54, 1.807) is 0 Å². The van der Waals surface area contributed by atoms with Gasteiger partial charge in [-0.05, 0) is 50.9 Å². The Morgan fingerprint density at radius 3 is 2.13 bits per heavy atom. The van der Waals surface area contributed by atoms with Crippen molar-refractivity contribution in [3.8, 4) is 0 Å². The predicted octanol–water partition coefficient (Wildman–Crippen LogP) is 3.28. The zero-order valence-corrected chi connectivity index (χ0v) is 10.9. The van der Waals surface area contributed by atoms with Crippen LogP contribution in [-0.4, -0.2) is 24.5 Å². The van der Waals surface area contributed by atoms with E-state index < -0.39 is 0 Å². The summed E-state index contributed by atoms with van der Waals surface area (Å²) in [6, 6.07) is 5.11. The third-order valence-electron chi connectivity index (χ3n) is 2.79. The number of hydrogen-bond donors (Lipinski definition) is 0. The molecule has 0 radical (unpaired) electrons. The van der Waals surface area contributed by atoms with Gasteiger partial charge in [0.2, 0.25) is 0 Å². The Balaban J connectivity index is 2.77. The molecule has 0 saturated carbocycles. The summed E-state index contributed by atoms with van der Waals surface area (Å²) in [6.07, 6.45) is 1.08. The lowest BCUT2D eigenvalue weighted by atomic mass is 9.97. The topological polar surface area (TPSA) is 3.24 Å². The zero-order chi connectivity index (χ0) is 11.4. The largest absolute Gasteiger partial charge is 0.293 e. The molecule has 1 nitrogen and oxygen atoms in total. The minimum absolute atomic E-state index is 0.601. The van der Waals surface area contributed by atoms with Crippen LogP contribution in [0.4, 0.5) is 0 Å². The van der Waals surface area contributed by atoms with Crippen LogP contribution in [0.3, 0.4) is 0 Å². The first-order chi connectivity index (χ1) is 7.04. The van der Waals surface area contributed by atoms with E-state index in [1.165, 1.54) is 22.3 Å². The Labute approximate surface area is 98.0 Å². The van der Waals surface area contributed by atoms with E-state index in [-0.39, 0.29) is 0 Å². The maximum absolute atomic E-state index is 5.75. The summed E-state index contributed by atoms with van der Waals surface area (Å²) >= 11 is 5.75. The van der Waals surface area contributed by atoms with Gasteiger partial charge in [0, 0.05) is 6.54 Å². The van der Waals surface area contributed by atoms with Gasteiger partial charge in [0.05, 0.1) is 6.00 Å². The standard InChI is InChI=1S/C13H20ClN/c1-10-7-11(2)13(12(3)8-10)5-6-15(4)9-14/h7-8H,5-6,9H2,1-4H3. The van der Waals surface area contributed by atoms with Crippen molar-refractivity contribution < 1.29 is 0 Å². The number of rotatable bonds is 4. The summed E-state index contributed by atoms with van der Waals surface area (Å²) in [6.45, 7) is 7.55. The fraction of sp³-hybridized carbons (Fsp3) is 0.538. The van der Waals surface area contributed by atoms with Crippen molar-refractivity contribution in [3.63, 3.8) is 0 Å². The molecular weight excluding hydrogens is 206 g/mol. The second-order valence-corrected chi connectivity index (χ2v) is 4.57. The van der Waals surface area contributed by atoms with Crippen molar-refractivity contribution in [2.45, 2.75) is 27.2 Å². The second kappa shape index (κ2) is 5.53. The Morgan fingerprint density at radius 2 is 1.67 bits per heavy atom. The molecule has 0 saturated heterocycles. The molecule has 1 aromatic carbocycles. The highest BCUT2D eigenvalue weighted by Gasteiger charge is 2.04. The molecule has 0 unspecified atom stereocenters. The van der Waals surface area contributed by atoms with Crippen LogP contribution in [0.25, 0.3) is 0 Å². The lowest BCUT2D eigenvalue weighted by Gasteiger charge is -2.16. The molecule has 0 aliphatic rings. The Morgan fingerprint density at radius 1 is 1.13 bits per heavy atom. The lowest BCUT2D eigenvalue weighted by molar-refractivity contribution is 0.393. The highest BCUT2D eigenvalue weighted by molar-refractivity contribution is 6.17. The molecule has 0 bridgehead atoms. The summed E-state index contributed by atoms with van der Waals surface area (Å²) < 4.78 is 0. The average Bonchev–Trinajstić information content (AvgIpc) is 2.15. The number of halogens is 1. The summed E-state index contributed by atoms with van der Waals surface area (Å²) in [5.74, 6) is 0. The molecule has 0 heterocycles. The van der Waals surface area contributed by atoms with E-state index in [1.807, 2.05) is 7.05 Å². The van der Waals surface area contributed by atoms with Gasteiger partial charge < -0.3 is 0 Å². The number of aryl methyl sites for hydroxylation is 3. The van der Waals surface area contributed by atoms with Gasteiger partial charge in [-0.15, -0.1) is 11.6 Å². The number of likely N-dealkylation sites (N-methyl/N-ethyl adjacent to an activating group) is 1. The Bertz CT molecular complexity index is 310. The third-order valence-corrected chi connectivity index (χ3v) is 3.20. The molecule has 0 aromatic heterocycles. The van der Waals surface area contributed by atoms with Crippen molar-refractivity contribution in [1.29, 1.82) is 0 Å². The Hall–Kier alpha value is -0.530.